The smallest absolute Gasteiger partial charge is 0.253 e. The van der Waals surface area contributed by atoms with Gasteiger partial charge in [-0.05, 0) is 17.7 Å². The van der Waals surface area contributed by atoms with E-state index in [1.54, 1.807) is 6.20 Å². The number of rotatable bonds is 5. The van der Waals surface area contributed by atoms with Crippen molar-refractivity contribution in [2.75, 3.05) is 42.3 Å². The minimum absolute atomic E-state index is 1.13. The highest BCUT2D eigenvalue weighted by atomic mass is 31.2. The second kappa shape index (κ2) is 6.39. The Morgan fingerprint density at radius 1 is 1.00 bits per heavy atom. The highest BCUT2D eigenvalue weighted by Crippen LogP contribution is 2.65. The van der Waals surface area contributed by atoms with Crippen LogP contribution in [0.25, 0.3) is 6.08 Å². The third-order valence-electron chi connectivity index (χ3n) is 2.92. The zero-order valence-corrected chi connectivity index (χ0v) is 13.1. The molecule has 0 aromatic carbocycles. The maximum Gasteiger partial charge on any atom is 0.253 e. The molecule has 4 nitrogen and oxygen atoms in total. The van der Waals surface area contributed by atoms with Gasteiger partial charge >= 0.3 is 0 Å². The lowest BCUT2D eigenvalue weighted by atomic mass is 10.3. The summed E-state index contributed by atoms with van der Waals surface area (Å²) in [6, 6.07) is 4.03. The highest BCUT2D eigenvalue weighted by molar-refractivity contribution is 7.72. The summed E-state index contributed by atoms with van der Waals surface area (Å²) < 4.78 is 6.87. The molecule has 0 saturated carbocycles. The van der Waals surface area contributed by atoms with Crippen LogP contribution >= 0.6 is 7.71 Å². The molecule has 0 aliphatic heterocycles. The van der Waals surface area contributed by atoms with Crippen molar-refractivity contribution in [3.8, 4) is 0 Å². The van der Waals surface area contributed by atoms with Crippen molar-refractivity contribution >= 4 is 13.8 Å². The van der Waals surface area contributed by atoms with Gasteiger partial charge in [0.25, 0.3) is 7.71 Å². The van der Waals surface area contributed by atoms with Crippen molar-refractivity contribution in [1.82, 2.24) is 19.0 Å². The molecule has 5 heteroatoms. The largest absolute Gasteiger partial charge is 0.264 e. The van der Waals surface area contributed by atoms with Crippen molar-refractivity contribution in [3.05, 3.63) is 35.9 Å². The maximum absolute atomic E-state index is 4.14. The molecule has 1 aromatic heterocycles. The first-order valence-electron chi connectivity index (χ1n) is 5.92. The number of hydrogen-bond donors (Lipinski definition) is 0. The molecule has 1 heterocycles. The van der Waals surface area contributed by atoms with Crippen LogP contribution in [0, 0.1) is 0 Å². The molecule has 0 saturated heterocycles. The summed E-state index contributed by atoms with van der Waals surface area (Å²) in [5, 5.41) is 0. The molecule has 0 bridgehead atoms. The molecular weight excluding hydrogens is 243 g/mol. The molecule has 0 amide bonds. The lowest BCUT2D eigenvalue weighted by Gasteiger charge is -2.37. The fourth-order valence-corrected chi connectivity index (χ4v) is 5.45. The first-order valence-corrected chi connectivity index (χ1v) is 7.64. The zero-order valence-electron chi connectivity index (χ0n) is 12.2. The predicted molar refractivity (Wildman–Crippen MR) is 81.3 cm³/mol. The topological polar surface area (TPSA) is 22.6 Å². The molecular formula is C13H24N4P+. The lowest BCUT2D eigenvalue weighted by molar-refractivity contribution is 0.472. The van der Waals surface area contributed by atoms with E-state index in [1.807, 2.05) is 12.3 Å². The van der Waals surface area contributed by atoms with Gasteiger partial charge in [0.05, 0.1) is 0 Å². The Morgan fingerprint density at radius 3 is 1.94 bits per heavy atom. The number of pyridine rings is 1. The third kappa shape index (κ3) is 3.15. The fourth-order valence-electron chi connectivity index (χ4n) is 2.13. The first kappa shape index (κ1) is 15.3. The van der Waals surface area contributed by atoms with Crippen molar-refractivity contribution in [1.29, 1.82) is 0 Å². The Balaban J connectivity index is 3.09. The molecule has 0 fully saturated rings. The van der Waals surface area contributed by atoms with E-state index in [2.05, 4.69) is 79.2 Å². The minimum atomic E-state index is -1.59. The van der Waals surface area contributed by atoms with Gasteiger partial charge in [-0.25, -0.2) is 0 Å². The summed E-state index contributed by atoms with van der Waals surface area (Å²) in [5.41, 5.74) is 1.13. The van der Waals surface area contributed by atoms with Gasteiger partial charge in [-0.2, -0.15) is 14.0 Å². The average molecular weight is 267 g/mol. The lowest BCUT2D eigenvalue weighted by Crippen LogP contribution is -2.34. The van der Waals surface area contributed by atoms with Gasteiger partial charge in [0.2, 0.25) is 0 Å². The van der Waals surface area contributed by atoms with Gasteiger partial charge in [-0.1, -0.05) is 6.07 Å². The molecule has 100 valence electrons. The van der Waals surface area contributed by atoms with Crippen LogP contribution < -0.4 is 0 Å². The van der Waals surface area contributed by atoms with Crippen LogP contribution in [-0.2, 0) is 0 Å². The quantitative estimate of drug-likeness (QED) is 0.764. The van der Waals surface area contributed by atoms with Crippen molar-refractivity contribution in [3.63, 3.8) is 0 Å². The Hall–Kier alpha value is -0.800. The molecule has 1 rings (SSSR count). The van der Waals surface area contributed by atoms with E-state index in [0.29, 0.717) is 0 Å². The predicted octanol–water partition coefficient (Wildman–Crippen LogP) is 2.50. The van der Waals surface area contributed by atoms with E-state index in [0.717, 1.165) is 5.56 Å². The molecule has 0 spiro atoms. The van der Waals surface area contributed by atoms with Crippen LogP contribution in [0.15, 0.2) is 30.3 Å². The second-order valence-electron chi connectivity index (χ2n) is 4.76. The van der Waals surface area contributed by atoms with Crippen LogP contribution in [0.3, 0.4) is 0 Å². The van der Waals surface area contributed by atoms with E-state index in [-0.39, 0.29) is 0 Å². The molecule has 18 heavy (non-hydrogen) atoms. The molecule has 0 N–H and O–H groups in total. The summed E-state index contributed by atoms with van der Waals surface area (Å²) in [6.45, 7) is 0. The monoisotopic (exact) mass is 267 g/mol. The normalized spacial score (nSPS) is 13.2. The fraction of sp³-hybridized carbons (Fsp3) is 0.462. The number of hydrogen-bond acceptors (Lipinski definition) is 4. The second-order valence-corrected chi connectivity index (χ2v) is 8.69. The summed E-state index contributed by atoms with van der Waals surface area (Å²) in [5.74, 6) is 2.30. The van der Waals surface area contributed by atoms with Crippen LogP contribution in [0.1, 0.15) is 5.56 Å². The van der Waals surface area contributed by atoms with Gasteiger partial charge in [0, 0.05) is 54.7 Å². The minimum Gasteiger partial charge on any atom is -0.264 e. The summed E-state index contributed by atoms with van der Waals surface area (Å²) in [6.07, 6.45) is 5.83. The molecule has 0 unspecified atom stereocenters. The highest BCUT2D eigenvalue weighted by Gasteiger charge is 2.45. The third-order valence-corrected chi connectivity index (χ3v) is 7.00. The van der Waals surface area contributed by atoms with E-state index < -0.39 is 7.71 Å². The van der Waals surface area contributed by atoms with Gasteiger partial charge in [0.15, 0.2) is 0 Å². The van der Waals surface area contributed by atoms with E-state index in [4.69, 9.17) is 0 Å². The summed E-state index contributed by atoms with van der Waals surface area (Å²) in [7, 11) is 11.2. The van der Waals surface area contributed by atoms with Gasteiger partial charge in [0.1, 0.15) is 5.82 Å². The van der Waals surface area contributed by atoms with E-state index in [1.165, 1.54) is 0 Å². The first-order chi connectivity index (χ1) is 8.41. The SMILES string of the molecule is CN(C)[P+](/C=C/c1cccnc1)(N(C)C)N(C)C. The van der Waals surface area contributed by atoms with Gasteiger partial charge in [-0.3, -0.25) is 4.98 Å². The van der Waals surface area contributed by atoms with Crippen molar-refractivity contribution < 1.29 is 0 Å². The van der Waals surface area contributed by atoms with Crippen molar-refractivity contribution in [2.45, 2.75) is 0 Å². The van der Waals surface area contributed by atoms with Crippen LogP contribution in [0.2, 0.25) is 0 Å². The molecule has 1 aromatic rings. The Bertz CT molecular complexity index is 365. The molecule has 0 radical (unpaired) electrons. The molecule has 0 aliphatic carbocycles. The number of aromatic nitrogens is 1. The van der Waals surface area contributed by atoms with Crippen LogP contribution in [-0.4, -0.2) is 61.3 Å². The van der Waals surface area contributed by atoms with Crippen LogP contribution in [0.4, 0.5) is 0 Å². The maximum atomic E-state index is 4.14. The Morgan fingerprint density at radius 2 is 1.56 bits per heavy atom. The summed E-state index contributed by atoms with van der Waals surface area (Å²) in [4.78, 5) is 4.14. The average Bonchev–Trinajstić information content (AvgIpc) is 2.29. The Labute approximate surface area is 111 Å². The van der Waals surface area contributed by atoms with E-state index in [9.17, 15) is 0 Å². The number of nitrogens with zero attached hydrogens (tertiary/aromatic N) is 4. The van der Waals surface area contributed by atoms with E-state index >= 15 is 0 Å². The zero-order chi connectivity index (χ0) is 13.8. The molecule has 0 aliphatic rings. The standard InChI is InChI=1S/C13H24N4P/c1-15(2)18(16(3)4,17(5)6)11-9-13-8-7-10-14-12-13/h7-12H,1-6H3/q+1/b11-9+. The van der Waals surface area contributed by atoms with Gasteiger partial charge in [-0.15, -0.1) is 0 Å². The van der Waals surface area contributed by atoms with Crippen LogP contribution in [0.5, 0.6) is 0 Å². The van der Waals surface area contributed by atoms with Gasteiger partial charge < -0.3 is 0 Å². The van der Waals surface area contributed by atoms with Crippen molar-refractivity contribution in [2.24, 2.45) is 0 Å². The summed E-state index contributed by atoms with van der Waals surface area (Å²) >= 11 is 0. The Kier molecular flexibility index (Phi) is 5.42. The molecule has 0 atom stereocenters.